The van der Waals surface area contributed by atoms with Gasteiger partial charge < -0.3 is 4.90 Å². The van der Waals surface area contributed by atoms with Crippen LogP contribution in [0.4, 0.5) is 4.39 Å². The average molecular weight is 320 g/mol. The fourth-order valence-electron chi connectivity index (χ4n) is 2.28. The Morgan fingerprint density at radius 1 is 1.14 bits per heavy atom. The molecule has 0 N–H and O–H groups in total. The normalized spacial score (nSPS) is 10.5. The lowest BCUT2D eigenvalue weighted by molar-refractivity contribution is -0.130. The Morgan fingerprint density at radius 3 is 2.55 bits per heavy atom. The number of nitrogens with zero attached hydrogens (tertiary/aromatic N) is 1. The van der Waals surface area contributed by atoms with E-state index in [0.717, 1.165) is 23.4 Å². The van der Waals surface area contributed by atoms with E-state index in [1.165, 1.54) is 17.7 Å². The molecule has 2 aromatic carbocycles. The molecule has 0 aliphatic carbocycles. The number of aryl methyl sites for hydroxylation is 1. The molecule has 22 heavy (non-hydrogen) atoms. The predicted octanol–water partition coefficient (Wildman–Crippen LogP) is 4.46. The topological polar surface area (TPSA) is 20.3 Å². The van der Waals surface area contributed by atoms with Crippen LogP contribution in [0.5, 0.6) is 0 Å². The number of carbonyl (C=O) groups excluding carboxylic acids is 1. The number of amides is 1. The molecule has 0 radical (unpaired) electrons. The summed E-state index contributed by atoms with van der Waals surface area (Å²) in [6, 6.07) is 14.0. The van der Waals surface area contributed by atoms with Gasteiger partial charge in [0, 0.05) is 25.0 Å². The zero-order valence-electron chi connectivity index (χ0n) is 12.6. The van der Waals surface area contributed by atoms with Crippen molar-refractivity contribution in [3.8, 4) is 0 Å². The summed E-state index contributed by atoms with van der Waals surface area (Å²) in [7, 11) is 1.75. The van der Waals surface area contributed by atoms with E-state index in [4.69, 9.17) is 11.6 Å². The van der Waals surface area contributed by atoms with E-state index in [1.807, 2.05) is 30.3 Å². The van der Waals surface area contributed by atoms with Gasteiger partial charge in [0.1, 0.15) is 5.82 Å². The second kappa shape index (κ2) is 7.95. The van der Waals surface area contributed by atoms with Gasteiger partial charge in [0.2, 0.25) is 5.91 Å². The van der Waals surface area contributed by atoms with Crippen LogP contribution in [0.15, 0.2) is 48.5 Å². The van der Waals surface area contributed by atoms with Gasteiger partial charge in [0.05, 0.1) is 0 Å². The van der Waals surface area contributed by atoms with Crippen molar-refractivity contribution >= 4 is 17.5 Å². The van der Waals surface area contributed by atoms with Gasteiger partial charge in [-0.15, -0.1) is 0 Å². The second-order valence-corrected chi connectivity index (χ2v) is 5.80. The Kier molecular flexibility index (Phi) is 5.96. The number of hydrogen-bond acceptors (Lipinski definition) is 1. The lowest BCUT2D eigenvalue weighted by atomic mass is 10.1. The van der Waals surface area contributed by atoms with Gasteiger partial charge in [-0.1, -0.05) is 35.9 Å². The van der Waals surface area contributed by atoms with Crippen LogP contribution in [0.2, 0.25) is 5.02 Å². The highest BCUT2D eigenvalue weighted by Gasteiger charge is 2.09. The molecular weight excluding hydrogens is 301 g/mol. The van der Waals surface area contributed by atoms with Gasteiger partial charge in [-0.25, -0.2) is 4.39 Å². The fourth-order valence-corrected chi connectivity index (χ4v) is 2.41. The quantitative estimate of drug-likeness (QED) is 0.769. The SMILES string of the molecule is CN(Cc1cccc(F)c1)C(=O)CCCc1ccc(Cl)cc1. The average Bonchev–Trinajstić information content (AvgIpc) is 2.49. The van der Waals surface area contributed by atoms with Gasteiger partial charge in [0.25, 0.3) is 0 Å². The summed E-state index contributed by atoms with van der Waals surface area (Å²) in [5, 5.41) is 0.717. The lowest BCUT2D eigenvalue weighted by Crippen LogP contribution is -2.26. The molecule has 0 aromatic heterocycles. The fraction of sp³-hybridized carbons (Fsp3) is 0.278. The minimum atomic E-state index is -0.277. The summed E-state index contributed by atoms with van der Waals surface area (Å²) in [5.74, 6) is -0.209. The maximum Gasteiger partial charge on any atom is 0.222 e. The van der Waals surface area contributed by atoms with E-state index < -0.39 is 0 Å². The molecule has 2 nitrogen and oxygen atoms in total. The van der Waals surface area contributed by atoms with Gasteiger partial charge >= 0.3 is 0 Å². The summed E-state index contributed by atoms with van der Waals surface area (Å²) < 4.78 is 13.1. The van der Waals surface area contributed by atoms with Crippen LogP contribution in [0.3, 0.4) is 0 Å². The molecule has 0 bridgehead atoms. The third-order valence-electron chi connectivity index (χ3n) is 3.50. The molecule has 2 rings (SSSR count). The Bertz CT molecular complexity index is 627. The molecule has 0 aliphatic rings. The van der Waals surface area contributed by atoms with E-state index in [-0.39, 0.29) is 11.7 Å². The third kappa shape index (κ3) is 5.15. The van der Waals surface area contributed by atoms with Crippen molar-refractivity contribution < 1.29 is 9.18 Å². The number of rotatable bonds is 6. The Morgan fingerprint density at radius 2 is 1.86 bits per heavy atom. The van der Waals surface area contributed by atoms with E-state index in [2.05, 4.69) is 0 Å². The highest BCUT2D eigenvalue weighted by atomic mass is 35.5. The molecule has 0 aliphatic heterocycles. The number of carbonyl (C=O) groups is 1. The highest BCUT2D eigenvalue weighted by Crippen LogP contribution is 2.13. The van der Waals surface area contributed by atoms with Gasteiger partial charge in [-0.05, 0) is 48.2 Å². The molecule has 0 unspecified atom stereocenters. The van der Waals surface area contributed by atoms with Gasteiger partial charge in [-0.2, -0.15) is 0 Å². The molecule has 116 valence electrons. The van der Waals surface area contributed by atoms with E-state index in [0.29, 0.717) is 13.0 Å². The molecule has 0 saturated heterocycles. The van der Waals surface area contributed by atoms with Crippen molar-refractivity contribution in [1.82, 2.24) is 4.90 Å². The smallest absolute Gasteiger partial charge is 0.222 e. The summed E-state index contributed by atoms with van der Waals surface area (Å²) in [6.45, 7) is 0.428. The van der Waals surface area contributed by atoms with Crippen molar-refractivity contribution in [3.05, 3.63) is 70.5 Å². The molecule has 0 atom stereocenters. The monoisotopic (exact) mass is 319 g/mol. The number of benzene rings is 2. The Balaban J connectivity index is 1.77. The molecular formula is C18H19ClFNO. The standard InChI is InChI=1S/C18H19ClFNO/c1-21(13-15-5-2-6-17(20)12-15)18(22)7-3-4-14-8-10-16(19)11-9-14/h2,5-6,8-12H,3-4,7,13H2,1H3. The van der Waals surface area contributed by atoms with Crippen LogP contribution in [0.25, 0.3) is 0 Å². The molecule has 2 aromatic rings. The predicted molar refractivity (Wildman–Crippen MR) is 87.3 cm³/mol. The van der Waals surface area contributed by atoms with Crippen LogP contribution >= 0.6 is 11.6 Å². The number of hydrogen-bond donors (Lipinski definition) is 0. The van der Waals surface area contributed by atoms with Gasteiger partial charge in [0.15, 0.2) is 0 Å². The summed E-state index contributed by atoms with van der Waals surface area (Å²) in [5.41, 5.74) is 1.97. The zero-order valence-corrected chi connectivity index (χ0v) is 13.3. The molecule has 4 heteroatoms. The van der Waals surface area contributed by atoms with E-state index in [1.54, 1.807) is 18.0 Å². The van der Waals surface area contributed by atoms with Gasteiger partial charge in [-0.3, -0.25) is 4.79 Å². The molecule has 0 fully saturated rings. The Hall–Kier alpha value is -1.87. The largest absolute Gasteiger partial charge is 0.341 e. The van der Waals surface area contributed by atoms with Crippen molar-refractivity contribution in [2.75, 3.05) is 7.05 Å². The van der Waals surface area contributed by atoms with Crippen LogP contribution in [-0.4, -0.2) is 17.9 Å². The van der Waals surface area contributed by atoms with Crippen molar-refractivity contribution in [2.24, 2.45) is 0 Å². The van der Waals surface area contributed by atoms with Crippen LogP contribution in [-0.2, 0) is 17.8 Å². The minimum absolute atomic E-state index is 0.0678. The third-order valence-corrected chi connectivity index (χ3v) is 3.76. The molecule has 0 spiro atoms. The highest BCUT2D eigenvalue weighted by molar-refractivity contribution is 6.30. The van der Waals surface area contributed by atoms with E-state index >= 15 is 0 Å². The summed E-state index contributed by atoms with van der Waals surface area (Å²) >= 11 is 5.84. The zero-order chi connectivity index (χ0) is 15.9. The van der Waals surface area contributed by atoms with Crippen molar-refractivity contribution in [3.63, 3.8) is 0 Å². The minimum Gasteiger partial charge on any atom is -0.341 e. The first-order chi connectivity index (χ1) is 10.5. The summed E-state index contributed by atoms with van der Waals surface area (Å²) in [6.07, 6.45) is 2.11. The molecule has 0 saturated carbocycles. The second-order valence-electron chi connectivity index (χ2n) is 5.36. The molecule has 0 heterocycles. The lowest BCUT2D eigenvalue weighted by Gasteiger charge is -2.17. The number of halogens is 2. The Labute approximate surface area is 135 Å². The summed E-state index contributed by atoms with van der Waals surface area (Å²) in [4.78, 5) is 13.7. The molecule has 1 amide bonds. The first kappa shape index (κ1) is 16.5. The van der Waals surface area contributed by atoms with Crippen LogP contribution in [0.1, 0.15) is 24.0 Å². The van der Waals surface area contributed by atoms with Crippen molar-refractivity contribution in [2.45, 2.75) is 25.8 Å². The van der Waals surface area contributed by atoms with E-state index in [9.17, 15) is 9.18 Å². The maximum absolute atomic E-state index is 13.1. The van der Waals surface area contributed by atoms with Crippen LogP contribution < -0.4 is 0 Å². The first-order valence-corrected chi connectivity index (χ1v) is 7.65. The first-order valence-electron chi connectivity index (χ1n) is 7.27. The van der Waals surface area contributed by atoms with Crippen LogP contribution in [0, 0.1) is 5.82 Å². The maximum atomic E-state index is 13.1. The van der Waals surface area contributed by atoms with Crippen molar-refractivity contribution in [1.29, 1.82) is 0 Å².